The molecule has 0 amide bonds. The maximum atomic E-state index is 12.0. The highest BCUT2D eigenvalue weighted by Gasteiger charge is 2.15. The van der Waals surface area contributed by atoms with Crippen LogP contribution in [-0.2, 0) is 9.05 Å². The molecule has 0 saturated heterocycles. The van der Waals surface area contributed by atoms with Gasteiger partial charge in [-0.05, 0) is 37.1 Å². The van der Waals surface area contributed by atoms with Crippen LogP contribution in [0.15, 0.2) is 17.0 Å². The van der Waals surface area contributed by atoms with E-state index in [1.165, 1.54) is 12.1 Å². The zero-order valence-corrected chi connectivity index (χ0v) is 10.8. The molecule has 0 N–H and O–H groups in total. The number of ether oxygens (including phenoxy) is 1. The minimum atomic E-state index is -3.83. The minimum absolute atomic E-state index is 0.0708. The van der Waals surface area contributed by atoms with Gasteiger partial charge in [-0.15, -0.1) is 0 Å². The molecule has 0 spiro atoms. The molecule has 7 heteroatoms. The summed E-state index contributed by atoms with van der Waals surface area (Å²) in [6, 6.07) is 2.58. The summed E-state index contributed by atoms with van der Waals surface area (Å²) in [5, 5.41) is 0. The van der Waals surface area contributed by atoms with Crippen LogP contribution < -0.4 is 4.74 Å². The quantitative estimate of drug-likeness (QED) is 0.799. The highest BCUT2D eigenvalue weighted by atomic mass is 35.7. The maximum Gasteiger partial charge on any atom is 0.272 e. The van der Waals surface area contributed by atoms with E-state index >= 15 is 0 Å². The van der Waals surface area contributed by atoms with Gasteiger partial charge in [0, 0.05) is 10.7 Å². The molecular formula is C10H11ClF2O3S. The van der Waals surface area contributed by atoms with Crippen molar-refractivity contribution in [1.29, 1.82) is 0 Å². The summed E-state index contributed by atoms with van der Waals surface area (Å²) in [4.78, 5) is -0.0708. The van der Waals surface area contributed by atoms with Gasteiger partial charge in [-0.2, -0.15) is 0 Å². The van der Waals surface area contributed by atoms with Crippen molar-refractivity contribution in [1.82, 2.24) is 0 Å². The third-order valence-electron chi connectivity index (χ3n) is 2.07. The van der Waals surface area contributed by atoms with Gasteiger partial charge in [0.25, 0.3) is 15.5 Å². The SMILES string of the molecule is Cc1cc(S(=O)(=O)Cl)cc(C)c1OCC(F)F. The molecule has 1 aromatic carbocycles. The Hall–Kier alpha value is -0.880. The molecule has 0 aliphatic heterocycles. The summed E-state index contributed by atoms with van der Waals surface area (Å²) < 4.78 is 51.2. The lowest BCUT2D eigenvalue weighted by Gasteiger charge is -2.12. The molecule has 0 aliphatic carbocycles. The van der Waals surface area contributed by atoms with Crippen LogP contribution in [0.25, 0.3) is 0 Å². The number of aryl methyl sites for hydroxylation is 2. The molecule has 0 heterocycles. The van der Waals surface area contributed by atoms with Gasteiger partial charge in [-0.1, -0.05) is 0 Å². The first-order chi connectivity index (χ1) is 7.71. The molecule has 0 saturated carbocycles. The van der Waals surface area contributed by atoms with E-state index in [1.807, 2.05) is 0 Å². The maximum absolute atomic E-state index is 12.0. The van der Waals surface area contributed by atoms with Crippen LogP contribution in [0.1, 0.15) is 11.1 Å². The van der Waals surface area contributed by atoms with Gasteiger partial charge < -0.3 is 4.74 Å². The highest BCUT2D eigenvalue weighted by Crippen LogP contribution is 2.28. The lowest BCUT2D eigenvalue weighted by atomic mass is 10.1. The van der Waals surface area contributed by atoms with E-state index in [0.29, 0.717) is 11.1 Å². The smallest absolute Gasteiger partial charge is 0.272 e. The average molecular weight is 285 g/mol. The van der Waals surface area contributed by atoms with E-state index in [-0.39, 0.29) is 10.6 Å². The van der Waals surface area contributed by atoms with Crippen molar-refractivity contribution in [3.05, 3.63) is 23.3 Å². The molecule has 0 unspecified atom stereocenters. The monoisotopic (exact) mass is 284 g/mol. The van der Waals surface area contributed by atoms with Gasteiger partial charge in [0.15, 0.2) is 0 Å². The molecule has 0 bridgehead atoms. The summed E-state index contributed by atoms with van der Waals surface area (Å²) in [6.45, 7) is 2.41. The summed E-state index contributed by atoms with van der Waals surface area (Å²) in [5.74, 6) is 0.259. The lowest BCUT2D eigenvalue weighted by Crippen LogP contribution is -2.09. The first kappa shape index (κ1) is 14.2. The Bertz CT molecular complexity index is 491. The molecule has 17 heavy (non-hydrogen) atoms. The van der Waals surface area contributed by atoms with Crippen LogP contribution in [0.2, 0.25) is 0 Å². The van der Waals surface area contributed by atoms with Crippen molar-refractivity contribution in [2.45, 2.75) is 25.2 Å². The molecule has 1 aromatic rings. The van der Waals surface area contributed by atoms with Crippen LogP contribution in [0.3, 0.4) is 0 Å². The average Bonchev–Trinajstić information content (AvgIpc) is 2.14. The Morgan fingerprint density at radius 2 is 1.76 bits per heavy atom. The zero-order valence-electron chi connectivity index (χ0n) is 9.21. The predicted molar refractivity (Wildman–Crippen MR) is 60.5 cm³/mol. The van der Waals surface area contributed by atoms with Crippen molar-refractivity contribution in [3.63, 3.8) is 0 Å². The second-order valence-electron chi connectivity index (χ2n) is 3.53. The molecule has 0 aromatic heterocycles. The van der Waals surface area contributed by atoms with Crippen molar-refractivity contribution in [2.75, 3.05) is 6.61 Å². The summed E-state index contributed by atoms with van der Waals surface area (Å²) >= 11 is 0. The van der Waals surface area contributed by atoms with Gasteiger partial charge in [-0.3, -0.25) is 0 Å². The molecular weight excluding hydrogens is 274 g/mol. The van der Waals surface area contributed by atoms with Crippen molar-refractivity contribution >= 4 is 19.7 Å². The Kier molecular flexibility index (Phi) is 4.32. The summed E-state index contributed by atoms with van der Waals surface area (Å²) in [7, 11) is 1.37. The van der Waals surface area contributed by atoms with Crippen molar-refractivity contribution in [2.24, 2.45) is 0 Å². The van der Waals surface area contributed by atoms with E-state index in [9.17, 15) is 17.2 Å². The fourth-order valence-corrected chi connectivity index (χ4v) is 2.33. The van der Waals surface area contributed by atoms with Crippen LogP contribution >= 0.6 is 10.7 Å². The van der Waals surface area contributed by atoms with Crippen LogP contribution in [0.5, 0.6) is 5.75 Å². The molecule has 3 nitrogen and oxygen atoms in total. The summed E-state index contributed by atoms with van der Waals surface area (Å²) in [6.07, 6.45) is -2.58. The third-order valence-corrected chi connectivity index (χ3v) is 3.40. The third kappa shape index (κ3) is 3.81. The molecule has 0 atom stereocenters. The van der Waals surface area contributed by atoms with E-state index < -0.39 is 22.1 Å². The topological polar surface area (TPSA) is 43.4 Å². The standard InChI is InChI=1S/C10H11ClF2O3S/c1-6-3-8(17(11,14)15)4-7(2)10(6)16-5-9(12)13/h3-4,9H,5H2,1-2H3. The molecule has 1 rings (SSSR count). The number of halogens is 3. The first-order valence-electron chi connectivity index (χ1n) is 4.68. The van der Waals surface area contributed by atoms with Crippen LogP contribution in [-0.4, -0.2) is 21.5 Å². The number of benzene rings is 1. The van der Waals surface area contributed by atoms with Gasteiger partial charge in [0.2, 0.25) is 0 Å². The fourth-order valence-electron chi connectivity index (χ4n) is 1.43. The minimum Gasteiger partial charge on any atom is -0.487 e. The molecule has 96 valence electrons. The predicted octanol–water partition coefficient (Wildman–Crippen LogP) is 2.87. The lowest BCUT2D eigenvalue weighted by molar-refractivity contribution is 0.0812. The van der Waals surface area contributed by atoms with E-state index in [4.69, 9.17) is 15.4 Å². The second-order valence-corrected chi connectivity index (χ2v) is 6.09. The van der Waals surface area contributed by atoms with Crippen molar-refractivity contribution < 1.29 is 21.9 Å². The van der Waals surface area contributed by atoms with Gasteiger partial charge in [0.05, 0.1) is 4.90 Å². The summed E-state index contributed by atoms with van der Waals surface area (Å²) in [5.41, 5.74) is 0.898. The first-order valence-corrected chi connectivity index (χ1v) is 6.99. The molecule has 0 fully saturated rings. The fraction of sp³-hybridized carbons (Fsp3) is 0.400. The normalized spacial score (nSPS) is 11.9. The second kappa shape index (κ2) is 5.18. The van der Waals surface area contributed by atoms with Crippen LogP contribution in [0.4, 0.5) is 8.78 Å². The van der Waals surface area contributed by atoms with Crippen molar-refractivity contribution in [3.8, 4) is 5.75 Å². The Morgan fingerprint density at radius 1 is 1.29 bits per heavy atom. The number of alkyl halides is 2. The van der Waals surface area contributed by atoms with Gasteiger partial charge in [-0.25, -0.2) is 17.2 Å². The largest absolute Gasteiger partial charge is 0.487 e. The Labute approximate surface area is 103 Å². The molecule has 0 aliphatic rings. The zero-order chi connectivity index (χ0) is 13.2. The van der Waals surface area contributed by atoms with Gasteiger partial charge >= 0.3 is 0 Å². The Balaban J connectivity index is 3.11. The molecule has 0 radical (unpaired) electrons. The van der Waals surface area contributed by atoms with E-state index in [1.54, 1.807) is 13.8 Å². The van der Waals surface area contributed by atoms with E-state index in [2.05, 4.69) is 0 Å². The Morgan fingerprint density at radius 3 is 2.12 bits per heavy atom. The van der Waals surface area contributed by atoms with E-state index in [0.717, 1.165) is 0 Å². The highest BCUT2D eigenvalue weighted by molar-refractivity contribution is 8.13. The van der Waals surface area contributed by atoms with Gasteiger partial charge in [0.1, 0.15) is 12.4 Å². The van der Waals surface area contributed by atoms with Crippen LogP contribution in [0, 0.1) is 13.8 Å². The number of hydrogen-bond acceptors (Lipinski definition) is 3. The number of rotatable bonds is 4. The number of hydrogen-bond donors (Lipinski definition) is 0.